The molecule has 0 amide bonds. The summed E-state index contributed by atoms with van der Waals surface area (Å²) in [5.41, 5.74) is 2.24. The van der Waals surface area contributed by atoms with Gasteiger partial charge in [0, 0.05) is 19.3 Å². The number of nitrogens with one attached hydrogen (secondary N) is 1. The third-order valence-corrected chi connectivity index (χ3v) is 5.21. The monoisotopic (exact) mass is 402 g/mol. The van der Waals surface area contributed by atoms with Crippen molar-refractivity contribution in [3.63, 3.8) is 0 Å². The number of benzene rings is 1. The van der Waals surface area contributed by atoms with Gasteiger partial charge in [0.05, 0.1) is 18.0 Å². The van der Waals surface area contributed by atoms with E-state index >= 15 is 0 Å². The van der Waals surface area contributed by atoms with Crippen molar-refractivity contribution >= 4 is 34.4 Å². The summed E-state index contributed by atoms with van der Waals surface area (Å²) < 4.78 is 11.0. The Hall–Kier alpha value is -2.29. The minimum atomic E-state index is 0.417. The second kappa shape index (κ2) is 9.59. The van der Waals surface area contributed by atoms with E-state index in [-0.39, 0.29) is 0 Å². The number of aryl methyl sites for hydroxylation is 1. The standard InChI is InChI=1S/C19H22N4O2S2/c1-3-14-6-8-15(9-7-14)20-19(26)23(10-11-24-2)13-17-21-22-18(25-17)16-5-4-12-27-16/h4-9,12H,3,10-11,13H2,1-2H3,(H,20,26). The normalized spacial score (nSPS) is 10.7. The van der Waals surface area contributed by atoms with E-state index in [1.807, 2.05) is 34.5 Å². The molecule has 3 aromatic rings. The van der Waals surface area contributed by atoms with E-state index in [9.17, 15) is 0 Å². The Kier molecular flexibility index (Phi) is 6.92. The van der Waals surface area contributed by atoms with Crippen molar-refractivity contribution in [1.29, 1.82) is 0 Å². The number of aromatic nitrogens is 2. The zero-order valence-electron chi connectivity index (χ0n) is 15.3. The SMILES string of the molecule is CCc1ccc(NC(=S)N(CCOC)Cc2nnc(-c3cccs3)o2)cc1. The van der Waals surface area contributed by atoms with Gasteiger partial charge in [-0.15, -0.1) is 21.5 Å². The average Bonchev–Trinajstić information content (AvgIpc) is 3.37. The van der Waals surface area contributed by atoms with Gasteiger partial charge >= 0.3 is 0 Å². The van der Waals surface area contributed by atoms with Gasteiger partial charge in [0.1, 0.15) is 0 Å². The molecule has 27 heavy (non-hydrogen) atoms. The van der Waals surface area contributed by atoms with Crippen molar-refractivity contribution in [3.8, 4) is 10.8 Å². The third-order valence-electron chi connectivity index (χ3n) is 3.99. The van der Waals surface area contributed by atoms with Crippen LogP contribution in [0.25, 0.3) is 10.8 Å². The van der Waals surface area contributed by atoms with E-state index in [1.54, 1.807) is 18.4 Å². The summed E-state index contributed by atoms with van der Waals surface area (Å²) in [5.74, 6) is 1.04. The molecule has 8 heteroatoms. The Morgan fingerprint density at radius 2 is 2.07 bits per heavy atom. The Morgan fingerprint density at radius 1 is 1.26 bits per heavy atom. The molecule has 0 fully saturated rings. The molecule has 0 aliphatic heterocycles. The molecule has 1 N–H and O–H groups in total. The van der Waals surface area contributed by atoms with E-state index in [2.05, 4.69) is 34.6 Å². The van der Waals surface area contributed by atoms with Gasteiger partial charge in [-0.05, 0) is 47.8 Å². The number of nitrogens with zero attached hydrogens (tertiary/aromatic N) is 3. The van der Waals surface area contributed by atoms with Gasteiger partial charge in [0.2, 0.25) is 5.89 Å². The quantitative estimate of drug-likeness (QED) is 0.566. The van der Waals surface area contributed by atoms with Crippen LogP contribution < -0.4 is 5.32 Å². The lowest BCUT2D eigenvalue weighted by atomic mass is 10.1. The predicted octanol–water partition coefficient (Wildman–Crippen LogP) is 4.21. The molecule has 142 valence electrons. The predicted molar refractivity (Wildman–Crippen MR) is 112 cm³/mol. The molecule has 0 aliphatic rings. The highest BCUT2D eigenvalue weighted by molar-refractivity contribution is 7.80. The maximum atomic E-state index is 5.79. The van der Waals surface area contributed by atoms with E-state index < -0.39 is 0 Å². The lowest BCUT2D eigenvalue weighted by molar-refractivity contribution is 0.172. The van der Waals surface area contributed by atoms with Crippen LogP contribution in [0, 0.1) is 0 Å². The minimum absolute atomic E-state index is 0.417. The Morgan fingerprint density at radius 3 is 2.74 bits per heavy atom. The molecule has 0 saturated carbocycles. The van der Waals surface area contributed by atoms with Crippen molar-refractivity contribution in [3.05, 3.63) is 53.2 Å². The van der Waals surface area contributed by atoms with Crippen molar-refractivity contribution in [2.45, 2.75) is 19.9 Å². The molecule has 1 aromatic carbocycles. The maximum Gasteiger partial charge on any atom is 0.257 e. The minimum Gasteiger partial charge on any atom is -0.418 e. The summed E-state index contributed by atoms with van der Waals surface area (Å²) in [7, 11) is 1.67. The molecule has 2 heterocycles. The highest BCUT2D eigenvalue weighted by Crippen LogP contribution is 2.23. The molecule has 0 spiro atoms. The number of thiophene rings is 1. The first-order valence-electron chi connectivity index (χ1n) is 8.69. The van der Waals surface area contributed by atoms with Crippen LogP contribution in [0.3, 0.4) is 0 Å². The molecule has 0 unspecified atom stereocenters. The smallest absolute Gasteiger partial charge is 0.257 e. The second-order valence-electron chi connectivity index (χ2n) is 5.87. The fourth-order valence-electron chi connectivity index (χ4n) is 2.46. The van der Waals surface area contributed by atoms with Crippen LogP contribution in [0.4, 0.5) is 5.69 Å². The molecule has 3 rings (SSSR count). The molecule has 2 aromatic heterocycles. The lowest BCUT2D eigenvalue weighted by Crippen LogP contribution is -2.36. The largest absolute Gasteiger partial charge is 0.418 e. The van der Waals surface area contributed by atoms with Crippen molar-refractivity contribution in [2.24, 2.45) is 0 Å². The van der Waals surface area contributed by atoms with E-state index in [1.165, 1.54) is 5.56 Å². The van der Waals surface area contributed by atoms with E-state index in [0.717, 1.165) is 17.0 Å². The van der Waals surface area contributed by atoms with E-state index in [0.29, 0.717) is 36.6 Å². The van der Waals surface area contributed by atoms with Crippen LogP contribution >= 0.6 is 23.6 Å². The molecule has 0 saturated heterocycles. The first kappa shape index (κ1) is 19.5. The molecule has 0 bridgehead atoms. The molecule has 6 nitrogen and oxygen atoms in total. The first-order chi connectivity index (χ1) is 13.2. The van der Waals surface area contributed by atoms with Crippen LogP contribution in [-0.2, 0) is 17.7 Å². The van der Waals surface area contributed by atoms with Crippen molar-refractivity contribution < 1.29 is 9.15 Å². The van der Waals surface area contributed by atoms with Crippen LogP contribution in [0.5, 0.6) is 0 Å². The third kappa shape index (κ3) is 5.35. The lowest BCUT2D eigenvalue weighted by Gasteiger charge is -2.24. The van der Waals surface area contributed by atoms with Gasteiger partial charge < -0.3 is 19.4 Å². The number of hydrogen-bond acceptors (Lipinski definition) is 6. The maximum absolute atomic E-state index is 5.79. The number of thiocarbonyl (C=S) groups is 1. The summed E-state index contributed by atoms with van der Waals surface area (Å²) in [6.07, 6.45) is 1.01. The molecular weight excluding hydrogens is 380 g/mol. The fraction of sp³-hybridized carbons (Fsp3) is 0.316. The zero-order valence-corrected chi connectivity index (χ0v) is 17.0. The van der Waals surface area contributed by atoms with Crippen LogP contribution in [0.15, 0.2) is 46.2 Å². The van der Waals surface area contributed by atoms with Gasteiger partial charge in [-0.2, -0.15) is 0 Å². The first-order valence-corrected chi connectivity index (χ1v) is 9.98. The van der Waals surface area contributed by atoms with Crippen molar-refractivity contribution in [2.75, 3.05) is 25.6 Å². The highest BCUT2D eigenvalue weighted by atomic mass is 32.1. The molecule has 0 aliphatic carbocycles. The summed E-state index contributed by atoms with van der Waals surface area (Å²) in [5, 5.41) is 14.1. The average molecular weight is 403 g/mol. The van der Waals surface area contributed by atoms with Gasteiger partial charge in [0.15, 0.2) is 5.11 Å². The van der Waals surface area contributed by atoms with Gasteiger partial charge in [-0.3, -0.25) is 0 Å². The molecule has 0 atom stereocenters. The molecular formula is C19H22N4O2S2. The topological polar surface area (TPSA) is 63.4 Å². The number of anilines is 1. The second-order valence-corrected chi connectivity index (χ2v) is 7.21. The zero-order chi connectivity index (χ0) is 19.1. The Labute approximate surface area is 168 Å². The molecule has 0 radical (unpaired) electrons. The Balaban J connectivity index is 1.67. The Bertz CT molecular complexity index is 847. The summed E-state index contributed by atoms with van der Waals surface area (Å²) in [6, 6.07) is 12.2. The van der Waals surface area contributed by atoms with Gasteiger partial charge in [-0.25, -0.2) is 0 Å². The number of rotatable bonds is 8. The summed E-state index contributed by atoms with van der Waals surface area (Å²) in [6.45, 7) is 3.71. The van der Waals surface area contributed by atoms with Gasteiger partial charge in [-0.1, -0.05) is 25.1 Å². The number of methoxy groups -OCH3 is 1. The summed E-state index contributed by atoms with van der Waals surface area (Å²) in [4.78, 5) is 2.91. The summed E-state index contributed by atoms with van der Waals surface area (Å²) >= 11 is 7.15. The van der Waals surface area contributed by atoms with Crippen LogP contribution in [-0.4, -0.2) is 40.5 Å². The van der Waals surface area contributed by atoms with Crippen LogP contribution in [0.2, 0.25) is 0 Å². The number of hydrogen-bond donors (Lipinski definition) is 1. The van der Waals surface area contributed by atoms with Crippen molar-refractivity contribution in [1.82, 2.24) is 15.1 Å². The van der Waals surface area contributed by atoms with Gasteiger partial charge in [0.25, 0.3) is 5.89 Å². The van der Waals surface area contributed by atoms with Crippen LogP contribution in [0.1, 0.15) is 18.4 Å². The fourth-order valence-corrected chi connectivity index (χ4v) is 3.38. The van der Waals surface area contributed by atoms with E-state index in [4.69, 9.17) is 21.4 Å². The number of ether oxygens (including phenoxy) is 1. The highest BCUT2D eigenvalue weighted by Gasteiger charge is 2.16.